The van der Waals surface area contributed by atoms with Gasteiger partial charge in [-0.25, -0.2) is 4.79 Å². The van der Waals surface area contributed by atoms with E-state index in [1.807, 2.05) is 19.9 Å². The molecule has 1 fully saturated rings. The Morgan fingerprint density at radius 3 is 2.38 bits per heavy atom. The van der Waals surface area contributed by atoms with Crippen LogP contribution in [0.5, 0.6) is 0 Å². The highest BCUT2D eigenvalue weighted by Gasteiger charge is 2.24. The van der Waals surface area contributed by atoms with Crippen LogP contribution in [0.4, 0.5) is 10.5 Å². The zero-order valence-corrected chi connectivity index (χ0v) is 12.6. The molecule has 0 atom stereocenters. The molecule has 0 aromatic heterocycles. The molecular formula is C15H22N4O2. The van der Waals surface area contributed by atoms with Crippen LogP contribution in [-0.2, 0) is 0 Å². The molecule has 21 heavy (non-hydrogen) atoms. The number of hydrogen-bond acceptors (Lipinski definition) is 3. The lowest BCUT2D eigenvalue weighted by Gasteiger charge is -2.34. The van der Waals surface area contributed by atoms with Crippen LogP contribution in [0.15, 0.2) is 18.2 Å². The molecule has 1 aromatic rings. The van der Waals surface area contributed by atoms with Crippen molar-refractivity contribution in [1.82, 2.24) is 15.1 Å². The fourth-order valence-corrected chi connectivity index (χ4v) is 2.33. The molecule has 6 heteroatoms. The molecule has 0 unspecified atom stereocenters. The highest BCUT2D eigenvalue weighted by molar-refractivity contribution is 5.95. The Labute approximate surface area is 124 Å². The second kappa shape index (κ2) is 6.47. The Morgan fingerprint density at radius 1 is 1.19 bits per heavy atom. The van der Waals surface area contributed by atoms with Gasteiger partial charge < -0.3 is 20.9 Å². The van der Waals surface area contributed by atoms with Crippen LogP contribution in [0.1, 0.15) is 22.8 Å². The van der Waals surface area contributed by atoms with Gasteiger partial charge in [0.05, 0.1) is 0 Å². The second-order valence-corrected chi connectivity index (χ2v) is 5.19. The molecule has 2 rings (SSSR count). The number of hydrogen-bond donors (Lipinski definition) is 2. The van der Waals surface area contributed by atoms with Gasteiger partial charge >= 0.3 is 6.03 Å². The molecule has 1 aliphatic rings. The number of benzene rings is 1. The van der Waals surface area contributed by atoms with Crippen LogP contribution < -0.4 is 11.1 Å². The van der Waals surface area contributed by atoms with Crippen molar-refractivity contribution in [1.29, 1.82) is 0 Å². The summed E-state index contributed by atoms with van der Waals surface area (Å²) < 4.78 is 0. The Hall–Kier alpha value is -2.24. The number of piperazine rings is 1. The Kier molecular flexibility index (Phi) is 4.67. The fourth-order valence-electron chi connectivity index (χ4n) is 2.33. The van der Waals surface area contributed by atoms with Crippen molar-refractivity contribution in [2.75, 3.05) is 38.5 Å². The number of nitrogens with one attached hydrogen (secondary N) is 1. The predicted octanol–water partition coefficient (Wildman–Crippen LogP) is 1.06. The first-order chi connectivity index (χ1) is 10.0. The average Bonchev–Trinajstić information content (AvgIpc) is 2.50. The van der Waals surface area contributed by atoms with E-state index in [0.717, 1.165) is 5.56 Å². The Morgan fingerprint density at radius 2 is 1.81 bits per heavy atom. The van der Waals surface area contributed by atoms with E-state index in [-0.39, 0.29) is 11.9 Å². The summed E-state index contributed by atoms with van der Waals surface area (Å²) in [5.74, 6) is -0.0303. The molecule has 0 aliphatic carbocycles. The number of rotatable bonds is 2. The molecule has 1 aromatic carbocycles. The number of carbonyl (C=O) groups excluding carboxylic acids is 2. The Balaban J connectivity index is 1.97. The van der Waals surface area contributed by atoms with E-state index >= 15 is 0 Å². The summed E-state index contributed by atoms with van der Waals surface area (Å²) in [5, 5.41) is 2.77. The highest BCUT2D eigenvalue weighted by atomic mass is 16.2. The van der Waals surface area contributed by atoms with E-state index < -0.39 is 0 Å². The Bertz CT molecular complexity index is 536. The quantitative estimate of drug-likeness (QED) is 0.800. The summed E-state index contributed by atoms with van der Waals surface area (Å²) in [7, 11) is 0. The van der Waals surface area contributed by atoms with E-state index in [0.29, 0.717) is 44.0 Å². The number of nitrogen functional groups attached to an aromatic ring is 1. The lowest BCUT2D eigenvalue weighted by molar-refractivity contribution is 0.0665. The molecule has 3 N–H and O–H groups in total. The van der Waals surface area contributed by atoms with Gasteiger partial charge in [0.15, 0.2) is 0 Å². The molecule has 6 nitrogen and oxygen atoms in total. The molecule has 0 radical (unpaired) electrons. The largest absolute Gasteiger partial charge is 0.398 e. The molecule has 1 heterocycles. The van der Waals surface area contributed by atoms with E-state index in [1.165, 1.54) is 0 Å². The molecule has 0 spiro atoms. The predicted molar refractivity (Wildman–Crippen MR) is 82.1 cm³/mol. The summed E-state index contributed by atoms with van der Waals surface area (Å²) in [4.78, 5) is 27.6. The van der Waals surface area contributed by atoms with E-state index in [1.54, 1.807) is 21.9 Å². The van der Waals surface area contributed by atoms with Crippen molar-refractivity contribution in [3.63, 3.8) is 0 Å². The molecular weight excluding hydrogens is 268 g/mol. The number of nitrogens with zero attached hydrogens (tertiary/aromatic N) is 2. The fraction of sp³-hybridized carbons (Fsp3) is 0.467. The SMILES string of the molecule is CCNC(=O)N1CCN(C(=O)c2ccc(C)c(N)c2)CC1. The number of aryl methyl sites for hydroxylation is 1. The van der Waals surface area contributed by atoms with Gasteiger partial charge in [0, 0.05) is 44.0 Å². The summed E-state index contributed by atoms with van der Waals surface area (Å²) in [6.45, 7) is 6.61. The maximum Gasteiger partial charge on any atom is 0.317 e. The van der Waals surface area contributed by atoms with Gasteiger partial charge in [-0.1, -0.05) is 6.07 Å². The summed E-state index contributed by atoms with van der Waals surface area (Å²) in [5.41, 5.74) is 8.04. The van der Waals surface area contributed by atoms with Crippen molar-refractivity contribution >= 4 is 17.6 Å². The van der Waals surface area contributed by atoms with Gasteiger partial charge in [-0.15, -0.1) is 0 Å². The van der Waals surface area contributed by atoms with Crippen molar-refractivity contribution in [2.45, 2.75) is 13.8 Å². The number of carbonyl (C=O) groups is 2. The van der Waals surface area contributed by atoms with Crippen LogP contribution in [-0.4, -0.2) is 54.5 Å². The second-order valence-electron chi connectivity index (χ2n) is 5.19. The molecule has 3 amide bonds. The first kappa shape index (κ1) is 15.2. The van der Waals surface area contributed by atoms with Gasteiger partial charge in [0.1, 0.15) is 0 Å². The van der Waals surface area contributed by atoms with E-state index in [4.69, 9.17) is 5.73 Å². The molecule has 1 aliphatic heterocycles. The van der Waals surface area contributed by atoms with Crippen molar-refractivity contribution in [3.05, 3.63) is 29.3 Å². The first-order valence-corrected chi connectivity index (χ1v) is 7.21. The smallest absolute Gasteiger partial charge is 0.317 e. The first-order valence-electron chi connectivity index (χ1n) is 7.21. The van der Waals surface area contributed by atoms with Crippen molar-refractivity contribution in [3.8, 4) is 0 Å². The van der Waals surface area contributed by atoms with Gasteiger partial charge in [-0.3, -0.25) is 4.79 Å². The third-order valence-electron chi connectivity index (χ3n) is 3.71. The number of amides is 3. The number of nitrogens with two attached hydrogens (primary N) is 1. The van der Waals surface area contributed by atoms with Gasteiger partial charge in [-0.05, 0) is 31.5 Å². The van der Waals surface area contributed by atoms with Crippen LogP contribution in [0.3, 0.4) is 0 Å². The highest BCUT2D eigenvalue weighted by Crippen LogP contribution is 2.15. The zero-order chi connectivity index (χ0) is 15.4. The van der Waals surface area contributed by atoms with Gasteiger partial charge in [0.2, 0.25) is 0 Å². The number of anilines is 1. The summed E-state index contributed by atoms with van der Waals surface area (Å²) in [6.07, 6.45) is 0. The average molecular weight is 290 g/mol. The molecule has 114 valence electrons. The van der Waals surface area contributed by atoms with E-state index in [9.17, 15) is 9.59 Å². The van der Waals surface area contributed by atoms with Crippen LogP contribution in [0, 0.1) is 6.92 Å². The zero-order valence-electron chi connectivity index (χ0n) is 12.6. The number of urea groups is 1. The molecule has 0 saturated carbocycles. The van der Waals surface area contributed by atoms with Gasteiger partial charge in [-0.2, -0.15) is 0 Å². The topological polar surface area (TPSA) is 78.7 Å². The summed E-state index contributed by atoms with van der Waals surface area (Å²) >= 11 is 0. The maximum absolute atomic E-state index is 12.4. The minimum Gasteiger partial charge on any atom is -0.398 e. The molecule has 1 saturated heterocycles. The third-order valence-corrected chi connectivity index (χ3v) is 3.71. The molecule has 0 bridgehead atoms. The minimum atomic E-state index is -0.0656. The van der Waals surface area contributed by atoms with Crippen LogP contribution in [0.2, 0.25) is 0 Å². The lowest BCUT2D eigenvalue weighted by atomic mass is 10.1. The summed E-state index contributed by atoms with van der Waals surface area (Å²) in [6, 6.07) is 5.30. The van der Waals surface area contributed by atoms with Crippen molar-refractivity contribution in [2.24, 2.45) is 0 Å². The normalized spacial score (nSPS) is 15.0. The van der Waals surface area contributed by atoms with E-state index in [2.05, 4.69) is 5.32 Å². The van der Waals surface area contributed by atoms with Gasteiger partial charge in [0.25, 0.3) is 5.91 Å². The third kappa shape index (κ3) is 3.45. The minimum absolute atomic E-state index is 0.0303. The van der Waals surface area contributed by atoms with Crippen molar-refractivity contribution < 1.29 is 9.59 Å². The van der Waals surface area contributed by atoms with Crippen LogP contribution >= 0.6 is 0 Å². The maximum atomic E-state index is 12.4. The lowest BCUT2D eigenvalue weighted by Crippen LogP contribution is -2.53. The standard InChI is InChI=1S/C15H22N4O2/c1-3-17-15(21)19-8-6-18(7-9-19)14(20)12-5-4-11(2)13(16)10-12/h4-5,10H,3,6-9,16H2,1-2H3,(H,17,21). The monoisotopic (exact) mass is 290 g/mol. The van der Waals surface area contributed by atoms with Crippen LogP contribution in [0.25, 0.3) is 0 Å².